The second-order valence-electron chi connectivity index (χ2n) is 0.865. The summed E-state index contributed by atoms with van der Waals surface area (Å²) in [7, 11) is -4.67. The van der Waals surface area contributed by atoms with E-state index in [4.69, 9.17) is 0 Å². The van der Waals surface area contributed by atoms with E-state index in [0.717, 1.165) is 0 Å². The standard InChI is InChI=1S/C2H7O4P.Sr/c1-2-6-7(3,4)5;/h2H2,1H3,(H2,3,4,5);/q;+2/p-2. The molecular formula is C2H5O4PSr. The molecule has 0 amide bonds. The van der Waals surface area contributed by atoms with Gasteiger partial charge in [0.1, 0.15) is 0 Å². The van der Waals surface area contributed by atoms with Crippen LogP contribution < -0.4 is 9.79 Å². The summed E-state index contributed by atoms with van der Waals surface area (Å²) in [5.74, 6) is 0. The third kappa shape index (κ3) is 10.5. The molecule has 8 heavy (non-hydrogen) atoms. The van der Waals surface area contributed by atoms with E-state index in [-0.39, 0.29) is 52.1 Å². The third-order valence-electron chi connectivity index (χ3n) is 0.287. The Morgan fingerprint density at radius 1 is 1.62 bits per heavy atom. The van der Waals surface area contributed by atoms with E-state index >= 15 is 0 Å². The predicted octanol–water partition coefficient (Wildman–Crippen LogP) is -1.53. The molecule has 0 rings (SSSR count). The molecule has 0 unspecified atom stereocenters. The van der Waals surface area contributed by atoms with Crippen LogP contribution in [-0.4, -0.2) is 52.1 Å². The van der Waals surface area contributed by atoms with E-state index in [1.165, 1.54) is 6.92 Å². The number of phosphoric acid groups is 1. The third-order valence-corrected chi connectivity index (χ3v) is 0.862. The average Bonchev–Trinajstić information content (AvgIpc) is 1.30. The van der Waals surface area contributed by atoms with Gasteiger partial charge in [0, 0.05) is 6.61 Å². The van der Waals surface area contributed by atoms with Gasteiger partial charge >= 0.3 is 45.5 Å². The maximum Gasteiger partial charge on any atom is 2.00 e. The zero-order valence-electron chi connectivity index (χ0n) is 4.49. The fourth-order valence-corrected chi connectivity index (χ4v) is 0.474. The molecule has 0 aromatic heterocycles. The molecule has 0 bridgehead atoms. The van der Waals surface area contributed by atoms with Crippen molar-refractivity contribution in [2.45, 2.75) is 6.92 Å². The van der Waals surface area contributed by atoms with Gasteiger partial charge in [-0.25, -0.2) is 0 Å². The minimum Gasteiger partial charge on any atom is -0.790 e. The van der Waals surface area contributed by atoms with Gasteiger partial charge in [-0.3, -0.25) is 0 Å². The van der Waals surface area contributed by atoms with E-state index in [2.05, 4.69) is 4.52 Å². The summed E-state index contributed by atoms with van der Waals surface area (Å²) in [5, 5.41) is 0. The summed E-state index contributed by atoms with van der Waals surface area (Å²) in [4.78, 5) is 19.0. The van der Waals surface area contributed by atoms with Crippen LogP contribution in [-0.2, 0) is 9.09 Å². The fraction of sp³-hybridized carbons (Fsp3) is 1.00. The van der Waals surface area contributed by atoms with Crippen molar-refractivity contribution in [3.05, 3.63) is 0 Å². The number of phosphoric ester groups is 1. The average molecular weight is 212 g/mol. The Morgan fingerprint density at radius 3 is 2.00 bits per heavy atom. The van der Waals surface area contributed by atoms with Crippen LogP contribution in [0.15, 0.2) is 0 Å². The Bertz CT molecular complexity index is 88.0. The molecule has 0 saturated heterocycles. The van der Waals surface area contributed by atoms with Crippen LogP contribution in [0.5, 0.6) is 0 Å². The van der Waals surface area contributed by atoms with Crippen molar-refractivity contribution in [1.82, 2.24) is 0 Å². The van der Waals surface area contributed by atoms with Crippen LogP contribution in [0.1, 0.15) is 6.92 Å². The first kappa shape index (κ1) is 12.3. The zero-order chi connectivity index (χ0) is 5.91. The summed E-state index contributed by atoms with van der Waals surface area (Å²) in [6.07, 6.45) is 0. The molecule has 4 nitrogen and oxygen atoms in total. The molecule has 0 aliphatic rings. The minimum atomic E-state index is -4.67. The predicted molar refractivity (Wildman–Crippen MR) is 25.0 cm³/mol. The molecule has 0 fully saturated rings. The molecule has 0 atom stereocenters. The van der Waals surface area contributed by atoms with E-state index in [0.29, 0.717) is 0 Å². The molecular weight excluding hydrogens is 207 g/mol. The van der Waals surface area contributed by atoms with Crippen molar-refractivity contribution in [1.29, 1.82) is 0 Å². The second kappa shape index (κ2) is 5.38. The summed E-state index contributed by atoms with van der Waals surface area (Å²) in [5.41, 5.74) is 0. The van der Waals surface area contributed by atoms with E-state index < -0.39 is 7.82 Å². The number of hydrogen-bond acceptors (Lipinski definition) is 4. The summed E-state index contributed by atoms with van der Waals surface area (Å²) in [6.45, 7) is 1.35. The Kier molecular flexibility index (Phi) is 8.26. The van der Waals surface area contributed by atoms with Crippen LogP contribution in [0.3, 0.4) is 0 Å². The van der Waals surface area contributed by atoms with Gasteiger partial charge in [-0.2, -0.15) is 0 Å². The Morgan fingerprint density at radius 2 is 2.00 bits per heavy atom. The van der Waals surface area contributed by atoms with Crippen molar-refractivity contribution in [3.8, 4) is 0 Å². The van der Waals surface area contributed by atoms with Crippen molar-refractivity contribution in [2.75, 3.05) is 6.61 Å². The SMILES string of the molecule is CCOP(=O)([O-])[O-].[Sr+2]. The van der Waals surface area contributed by atoms with Crippen LogP contribution >= 0.6 is 7.82 Å². The fourth-order valence-electron chi connectivity index (χ4n) is 0.158. The largest absolute Gasteiger partial charge is 2.00 e. The number of rotatable bonds is 2. The smallest absolute Gasteiger partial charge is 0.790 e. The first-order chi connectivity index (χ1) is 3.06. The van der Waals surface area contributed by atoms with Crippen LogP contribution in [0.2, 0.25) is 0 Å². The summed E-state index contributed by atoms with van der Waals surface area (Å²) < 4.78 is 13.2. The molecule has 44 valence electrons. The monoisotopic (exact) mass is 212 g/mol. The number of hydrogen-bond donors (Lipinski definition) is 0. The molecule has 0 spiro atoms. The Labute approximate surface area is 84.7 Å². The first-order valence-electron chi connectivity index (χ1n) is 1.73. The van der Waals surface area contributed by atoms with Crippen molar-refractivity contribution in [2.24, 2.45) is 0 Å². The normalized spacial score (nSPS) is 10.4. The van der Waals surface area contributed by atoms with Crippen LogP contribution in [0.25, 0.3) is 0 Å². The molecule has 6 heteroatoms. The van der Waals surface area contributed by atoms with Crippen LogP contribution in [0.4, 0.5) is 0 Å². The Balaban J connectivity index is 0. The summed E-state index contributed by atoms with van der Waals surface area (Å²) in [6, 6.07) is 0. The maximum atomic E-state index is 9.48. The second-order valence-corrected chi connectivity index (χ2v) is 2.02. The minimum absolute atomic E-state index is 0. The van der Waals surface area contributed by atoms with Gasteiger partial charge in [-0.15, -0.1) is 0 Å². The van der Waals surface area contributed by atoms with Crippen molar-refractivity contribution < 1.29 is 18.9 Å². The van der Waals surface area contributed by atoms with Gasteiger partial charge in [-0.05, 0) is 6.92 Å². The molecule has 0 heterocycles. The molecule has 0 N–H and O–H groups in total. The zero-order valence-corrected chi connectivity index (χ0v) is 8.87. The van der Waals surface area contributed by atoms with Crippen LogP contribution in [0, 0.1) is 0 Å². The van der Waals surface area contributed by atoms with Gasteiger partial charge < -0.3 is 18.9 Å². The van der Waals surface area contributed by atoms with E-state index in [1.54, 1.807) is 0 Å². The van der Waals surface area contributed by atoms with Crippen molar-refractivity contribution in [3.63, 3.8) is 0 Å². The molecule has 0 saturated carbocycles. The quantitative estimate of drug-likeness (QED) is 0.411. The first-order valence-corrected chi connectivity index (χ1v) is 3.19. The van der Waals surface area contributed by atoms with Crippen molar-refractivity contribution >= 4 is 53.3 Å². The molecule has 0 aliphatic carbocycles. The van der Waals surface area contributed by atoms with Gasteiger partial charge in [0.05, 0.1) is 7.82 Å². The van der Waals surface area contributed by atoms with Gasteiger partial charge in [-0.1, -0.05) is 0 Å². The van der Waals surface area contributed by atoms with Gasteiger partial charge in [0.25, 0.3) is 0 Å². The molecule has 0 aliphatic heterocycles. The van der Waals surface area contributed by atoms with E-state index in [1.807, 2.05) is 0 Å². The van der Waals surface area contributed by atoms with E-state index in [9.17, 15) is 14.4 Å². The molecule has 0 radical (unpaired) electrons. The summed E-state index contributed by atoms with van der Waals surface area (Å²) >= 11 is 0. The molecule has 0 aromatic carbocycles. The maximum absolute atomic E-state index is 9.48. The topological polar surface area (TPSA) is 72.4 Å². The molecule has 0 aromatic rings. The van der Waals surface area contributed by atoms with Gasteiger partial charge in [0.2, 0.25) is 0 Å². The van der Waals surface area contributed by atoms with Gasteiger partial charge in [0.15, 0.2) is 0 Å². The Hall–Kier alpha value is 1.59.